The van der Waals surface area contributed by atoms with E-state index in [0.29, 0.717) is 27.5 Å². The molecule has 1 amide bonds. The Morgan fingerprint density at radius 3 is 2.63 bits per heavy atom. The molecule has 2 aromatic carbocycles. The number of aryl methyl sites for hydroxylation is 1. The van der Waals surface area contributed by atoms with Gasteiger partial charge in [-0.15, -0.1) is 0 Å². The highest BCUT2D eigenvalue weighted by atomic mass is 32.2. The Bertz CT molecular complexity index is 1150. The number of hydrogen-bond acceptors (Lipinski definition) is 5. The molecular weight excluding hydrogens is 398 g/mol. The van der Waals surface area contributed by atoms with Crippen LogP contribution in [0.3, 0.4) is 0 Å². The Labute approximate surface area is 179 Å². The maximum atomic E-state index is 13.5. The predicted octanol–water partition coefficient (Wildman–Crippen LogP) is 3.81. The van der Waals surface area contributed by atoms with Crippen molar-refractivity contribution in [3.8, 4) is 11.4 Å². The molecule has 7 heteroatoms. The van der Waals surface area contributed by atoms with Crippen molar-refractivity contribution in [2.24, 2.45) is 0 Å². The predicted molar refractivity (Wildman–Crippen MR) is 120 cm³/mol. The first-order chi connectivity index (χ1) is 14.5. The van der Waals surface area contributed by atoms with Gasteiger partial charge in [-0.25, -0.2) is 4.98 Å². The van der Waals surface area contributed by atoms with Crippen molar-refractivity contribution in [2.75, 3.05) is 20.2 Å². The molecule has 0 radical (unpaired) electrons. The average molecular weight is 424 g/mol. The first-order valence-corrected chi connectivity index (χ1v) is 11.0. The first-order valence-electron chi connectivity index (χ1n) is 10.1. The van der Waals surface area contributed by atoms with Gasteiger partial charge in [-0.1, -0.05) is 30.0 Å². The molecular formula is C23H25N3O3S. The van der Waals surface area contributed by atoms with Gasteiger partial charge in [0.15, 0.2) is 5.16 Å². The Balaban J connectivity index is 1.86. The summed E-state index contributed by atoms with van der Waals surface area (Å²) in [6.45, 7) is 5.44. The van der Waals surface area contributed by atoms with Gasteiger partial charge in [-0.05, 0) is 56.5 Å². The van der Waals surface area contributed by atoms with Crippen LogP contribution in [0.25, 0.3) is 16.6 Å². The SMILES string of the molecule is COc1ccc(C)cc1-n1c(S[C@@H](C)C(=O)N2CCCC2)nc2ccccc2c1=O. The number of ether oxygens (including phenoxy) is 1. The van der Waals surface area contributed by atoms with Crippen LogP contribution in [0.15, 0.2) is 52.4 Å². The van der Waals surface area contributed by atoms with Gasteiger partial charge in [0.1, 0.15) is 5.75 Å². The summed E-state index contributed by atoms with van der Waals surface area (Å²) in [5, 5.41) is 0.671. The summed E-state index contributed by atoms with van der Waals surface area (Å²) in [7, 11) is 1.58. The third-order valence-electron chi connectivity index (χ3n) is 5.37. The second-order valence-electron chi connectivity index (χ2n) is 7.52. The Hall–Kier alpha value is -2.80. The number of rotatable bonds is 5. The summed E-state index contributed by atoms with van der Waals surface area (Å²) in [6.07, 6.45) is 2.09. The van der Waals surface area contributed by atoms with Gasteiger partial charge in [-0.3, -0.25) is 14.2 Å². The monoisotopic (exact) mass is 423 g/mol. The third kappa shape index (κ3) is 3.81. The number of benzene rings is 2. The maximum absolute atomic E-state index is 13.5. The highest BCUT2D eigenvalue weighted by Crippen LogP contribution is 2.30. The molecule has 156 valence electrons. The van der Waals surface area contributed by atoms with Crippen molar-refractivity contribution in [1.29, 1.82) is 0 Å². The Morgan fingerprint density at radius 1 is 1.17 bits per heavy atom. The molecule has 0 saturated carbocycles. The van der Waals surface area contributed by atoms with Crippen molar-refractivity contribution >= 4 is 28.6 Å². The molecule has 2 heterocycles. The van der Waals surface area contributed by atoms with Crippen molar-refractivity contribution in [2.45, 2.75) is 37.1 Å². The van der Waals surface area contributed by atoms with E-state index in [1.807, 2.05) is 55.1 Å². The minimum Gasteiger partial charge on any atom is -0.495 e. The third-order valence-corrected chi connectivity index (χ3v) is 6.41. The van der Waals surface area contributed by atoms with Gasteiger partial charge in [-0.2, -0.15) is 0 Å². The average Bonchev–Trinajstić information content (AvgIpc) is 3.28. The summed E-state index contributed by atoms with van der Waals surface area (Å²) >= 11 is 1.32. The molecule has 0 N–H and O–H groups in total. The lowest BCUT2D eigenvalue weighted by Gasteiger charge is -2.21. The van der Waals surface area contributed by atoms with Crippen LogP contribution in [0.1, 0.15) is 25.3 Å². The van der Waals surface area contributed by atoms with Gasteiger partial charge < -0.3 is 9.64 Å². The lowest BCUT2D eigenvalue weighted by Crippen LogP contribution is -2.34. The zero-order valence-electron chi connectivity index (χ0n) is 17.4. The van der Waals surface area contributed by atoms with Gasteiger partial charge in [0, 0.05) is 13.1 Å². The molecule has 0 unspecified atom stereocenters. The van der Waals surface area contributed by atoms with E-state index in [-0.39, 0.29) is 16.7 Å². The van der Waals surface area contributed by atoms with Crippen molar-refractivity contribution in [1.82, 2.24) is 14.5 Å². The molecule has 0 spiro atoms. The number of likely N-dealkylation sites (tertiary alicyclic amines) is 1. The van der Waals surface area contributed by atoms with Gasteiger partial charge in [0.25, 0.3) is 5.56 Å². The van der Waals surface area contributed by atoms with E-state index in [9.17, 15) is 9.59 Å². The largest absolute Gasteiger partial charge is 0.495 e. The summed E-state index contributed by atoms with van der Waals surface area (Å²) < 4.78 is 7.11. The summed E-state index contributed by atoms with van der Waals surface area (Å²) in [5.41, 5.74) is 2.08. The van der Waals surface area contributed by atoms with E-state index in [0.717, 1.165) is 31.5 Å². The molecule has 1 fully saturated rings. The lowest BCUT2D eigenvalue weighted by atomic mass is 10.2. The second-order valence-corrected chi connectivity index (χ2v) is 8.83. The highest BCUT2D eigenvalue weighted by Gasteiger charge is 2.26. The summed E-state index contributed by atoms with van der Waals surface area (Å²) in [4.78, 5) is 33.0. The van der Waals surface area contributed by atoms with Crippen LogP contribution in [0, 0.1) is 6.92 Å². The van der Waals surface area contributed by atoms with E-state index in [1.165, 1.54) is 11.8 Å². The van der Waals surface area contributed by atoms with Gasteiger partial charge in [0.2, 0.25) is 5.91 Å². The number of methoxy groups -OCH3 is 1. The van der Waals surface area contributed by atoms with E-state index in [1.54, 1.807) is 17.7 Å². The molecule has 0 bridgehead atoms. The number of aromatic nitrogens is 2. The van der Waals surface area contributed by atoms with Crippen LogP contribution >= 0.6 is 11.8 Å². The molecule has 4 rings (SSSR count). The van der Waals surface area contributed by atoms with Crippen LogP contribution in [-0.2, 0) is 4.79 Å². The molecule has 1 aliphatic rings. The molecule has 0 aliphatic carbocycles. The smallest absolute Gasteiger partial charge is 0.266 e. The quantitative estimate of drug-likeness (QED) is 0.461. The van der Waals surface area contributed by atoms with Gasteiger partial charge in [0.05, 0.1) is 29.0 Å². The van der Waals surface area contributed by atoms with Crippen LogP contribution < -0.4 is 10.3 Å². The minimum absolute atomic E-state index is 0.0858. The fourth-order valence-corrected chi connectivity index (χ4v) is 4.79. The summed E-state index contributed by atoms with van der Waals surface area (Å²) in [5.74, 6) is 0.669. The number of carbonyl (C=O) groups excluding carboxylic acids is 1. The number of para-hydroxylation sites is 1. The molecule has 1 aromatic heterocycles. The van der Waals surface area contributed by atoms with E-state index >= 15 is 0 Å². The highest BCUT2D eigenvalue weighted by molar-refractivity contribution is 8.00. The number of hydrogen-bond donors (Lipinski definition) is 0. The molecule has 1 aliphatic heterocycles. The van der Waals surface area contributed by atoms with Crippen LogP contribution in [-0.4, -0.2) is 45.8 Å². The van der Waals surface area contributed by atoms with Crippen molar-refractivity contribution < 1.29 is 9.53 Å². The zero-order chi connectivity index (χ0) is 21.3. The standard InChI is InChI=1S/C23H25N3O3S/c1-15-10-11-20(29-3)19(14-15)26-22(28)17-8-4-5-9-18(17)24-23(26)30-16(2)21(27)25-12-6-7-13-25/h4-5,8-11,14,16H,6-7,12-13H2,1-3H3/t16-/m0/s1. The van der Waals surface area contributed by atoms with Gasteiger partial charge >= 0.3 is 0 Å². The van der Waals surface area contributed by atoms with E-state index in [4.69, 9.17) is 9.72 Å². The molecule has 6 nitrogen and oxygen atoms in total. The Morgan fingerprint density at radius 2 is 1.90 bits per heavy atom. The van der Waals surface area contributed by atoms with Crippen LogP contribution in [0.2, 0.25) is 0 Å². The fraction of sp³-hybridized carbons (Fsp3) is 0.348. The molecule has 1 atom stereocenters. The normalized spacial score (nSPS) is 14.8. The lowest BCUT2D eigenvalue weighted by molar-refractivity contribution is -0.129. The number of nitrogens with zero attached hydrogens (tertiary/aromatic N) is 3. The first kappa shape index (κ1) is 20.5. The van der Waals surface area contributed by atoms with Crippen molar-refractivity contribution in [3.63, 3.8) is 0 Å². The van der Waals surface area contributed by atoms with Crippen molar-refractivity contribution in [3.05, 3.63) is 58.4 Å². The number of amides is 1. The second kappa shape index (κ2) is 8.52. The fourth-order valence-electron chi connectivity index (χ4n) is 3.78. The number of thioether (sulfide) groups is 1. The molecule has 1 saturated heterocycles. The number of fused-ring (bicyclic) bond motifs is 1. The maximum Gasteiger partial charge on any atom is 0.266 e. The zero-order valence-corrected chi connectivity index (χ0v) is 18.2. The minimum atomic E-state index is -0.349. The summed E-state index contributed by atoms with van der Waals surface area (Å²) in [6, 6.07) is 13.0. The van der Waals surface area contributed by atoms with E-state index < -0.39 is 0 Å². The van der Waals surface area contributed by atoms with E-state index in [2.05, 4.69) is 0 Å². The van der Waals surface area contributed by atoms with Crippen LogP contribution in [0.5, 0.6) is 5.75 Å². The Kier molecular flexibility index (Phi) is 5.81. The number of carbonyl (C=O) groups is 1. The topological polar surface area (TPSA) is 64.4 Å². The van der Waals surface area contributed by atoms with Crippen LogP contribution in [0.4, 0.5) is 0 Å². The molecule has 30 heavy (non-hydrogen) atoms. The molecule has 3 aromatic rings.